The van der Waals surface area contributed by atoms with Crippen molar-refractivity contribution < 1.29 is 4.79 Å². The summed E-state index contributed by atoms with van der Waals surface area (Å²) in [5, 5.41) is 3.35. The average Bonchev–Trinajstić information content (AvgIpc) is 2.53. The lowest BCUT2D eigenvalue weighted by Gasteiger charge is -2.30. The lowest BCUT2D eigenvalue weighted by molar-refractivity contribution is -0.130. The highest BCUT2D eigenvalue weighted by molar-refractivity contribution is 5.76. The van der Waals surface area contributed by atoms with E-state index in [0.717, 1.165) is 58.7 Å². The Morgan fingerprint density at radius 2 is 1.81 bits per heavy atom. The number of nitrogens with zero attached hydrogens (tertiary/aromatic N) is 2. The second kappa shape index (κ2) is 6.21. The van der Waals surface area contributed by atoms with Gasteiger partial charge in [-0.15, -0.1) is 0 Å². The minimum absolute atomic E-state index is 0.368. The highest BCUT2D eigenvalue weighted by atomic mass is 16.2. The van der Waals surface area contributed by atoms with E-state index in [-0.39, 0.29) is 0 Å². The summed E-state index contributed by atoms with van der Waals surface area (Å²) >= 11 is 0. The molecule has 0 atom stereocenters. The fourth-order valence-corrected chi connectivity index (χ4v) is 2.47. The first-order valence-corrected chi connectivity index (χ1v) is 6.57. The van der Waals surface area contributed by atoms with Crippen LogP contribution in [0.5, 0.6) is 0 Å². The fourth-order valence-electron chi connectivity index (χ4n) is 2.47. The molecule has 0 aliphatic carbocycles. The topological polar surface area (TPSA) is 35.6 Å². The van der Waals surface area contributed by atoms with Crippen LogP contribution in [-0.4, -0.2) is 61.5 Å². The minimum Gasteiger partial charge on any atom is -0.341 e. The molecular formula is C12H23N3O. The molecule has 2 aliphatic heterocycles. The molecule has 2 heterocycles. The third-order valence-electron chi connectivity index (χ3n) is 3.57. The average molecular weight is 225 g/mol. The molecular weight excluding hydrogens is 202 g/mol. The molecule has 4 heteroatoms. The molecule has 2 saturated heterocycles. The monoisotopic (exact) mass is 225 g/mol. The van der Waals surface area contributed by atoms with E-state index < -0.39 is 0 Å². The maximum atomic E-state index is 11.8. The van der Waals surface area contributed by atoms with E-state index in [0.29, 0.717) is 5.91 Å². The van der Waals surface area contributed by atoms with Gasteiger partial charge in [0.1, 0.15) is 0 Å². The van der Waals surface area contributed by atoms with Gasteiger partial charge in [0.05, 0.1) is 0 Å². The van der Waals surface area contributed by atoms with Gasteiger partial charge in [-0.1, -0.05) is 6.42 Å². The third kappa shape index (κ3) is 3.46. The Morgan fingerprint density at radius 3 is 2.62 bits per heavy atom. The molecule has 0 aromatic heterocycles. The highest BCUT2D eigenvalue weighted by Crippen LogP contribution is 2.10. The van der Waals surface area contributed by atoms with Gasteiger partial charge >= 0.3 is 0 Å². The van der Waals surface area contributed by atoms with E-state index in [9.17, 15) is 4.79 Å². The second-order valence-corrected chi connectivity index (χ2v) is 4.78. The first-order chi connectivity index (χ1) is 7.86. The van der Waals surface area contributed by atoms with Gasteiger partial charge in [-0.25, -0.2) is 0 Å². The van der Waals surface area contributed by atoms with Crippen LogP contribution in [0.25, 0.3) is 0 Å². The first kappa shape index (κ1) is 11.9. The molecule has 0 bridgehead atoms. The third-order valence-corrected chi connectivity index (χ3v) is 3.57. The Kier molecular flexibility index (Phi) is 4.60. The minimum atomic E-state index is 0.368. The molecule has 92 valence electrons. The number of hydrogen-bond acceptors (Lipinski definition) is 3. The zero-order valence-electron chi connectivity index (χ0n) is 10.1. The summed E-state index contributed by atoms with van der Waals surface area (Å²) in [5.41, 5.74) is 0. The molecule has 1 amide bonds. The number of hydrogen-bond donors (Lipinski definition) is 1. The molecule has 0 aromatic rings. The molecule has 0 radical (unpaired) electrons. The first-order valence-electron chi connectivity index (χ1n) is 6.57. The molecule has 2 fully saturated rings. The van der Waals surface area contributed by atoms with Crippen molar-refractivity contribution in [3.05, 3.63) is 0 Å². The van der Waals surface area contributed by atoms with Gasteiger partial charge in [0, 0.05) is 52.2 Å². The van der Waals surface area contributed by atoms with Crippen LogP contribution >= 0.6 is 0 Å². The summed E-state index contributed by atoms with van der Waals surface area (Å²) in [7, 11) is 0. The zero-order chi connectivity index (χ0) is 11.2. The number of piperazine rings is 1. The van der Waals surface area contributed by atoms with Crippen molar-refractivity contribution in [3.63, 3.8) is 0 Å². The molecule has 16 heavy (non-hydrogen) atoms. The van der Waals surface area contributed by atoms with Gasteiger partial charge in [-0.3, -0.25) is 9.69 Å². The molecule has 2 aliphatic rings. The Labute approximate surface area is 98.0 Å². The van der Waals surface area contributed by atoms with Crippen molar-refractivity contribution >= 4 is 5.91 Å². The predicted molar refractivity (Wildman–Crippen MR) is 64.4 cm³/mol. The zero-order valence-corrected chi connectivity index (χ0v) is 10.1. The summed E-state index contributed by atoms with van der Waals surface area (Å²) in [6, 6.07) is 0. The Hall–Kier alpha value is -0.610. The van der Waals surface area contributed by atoms with Crippen molar-refractivity contribution in [1.29, 1.82) is 0 Å². The Bertz CT molecular complexity index is 226. The Morgan fingerprint density at radius 1 is 1.00 bits per heavy atom. The van der Waals surface area contributed by atoms with Crippen LogP contribution in [0.4, 0.5) is 0 Å². The van der Waals surface area contributed by atoms with Crippen molar-refractivity contribution in [3.8, 4) is 0 Å². The largest absolute Gasteiger partial charge is 0.341 e. The maximum absolute atomic E-state index is 11.8. The number of rotatable bonds is 3. The number of amides is 1. The van der Waals surface area contributed by atoms with E-state index >= 15 is 0 Å². The number of likely N-dealkylation sites (tertiary alicyclic amines) is 1. The smallest absolute Gasteiger partial charge is 0.222 e. The van der Waals surface area contributed by atoms with E-state index in [1.54, 1.807) is 0 Å². The van der Waals surface area contributed by atoms with Crippen LogP contribution in [0.1, 0.15) is 25.7 Å². The summed E-state index contributed by atoms with van der Waals surface area (Å²) in [6.45, 7) is 7.39. The van der Waals surface area contributed by atoms with Crippen molar-refractivity contribution in [2.45, 2.75) is 25.7 Å². The number of carbonyl (C=O) groups excluding carboxylic acids is 1. The van der Waals surface area contributed by atoms with Crippen LogP contribution in [0.3, 0.4) is 0 Å². The van der Waals surface area contributed by atoms with E-state index in [1.165, 1.54) is 12.8 Å². The molecule has 1 N–H and O–H groups in total. The van der Waals surface area contributed by atoms with Crippen LogP contribution < -0.4 is 5.32 Å². The van der Waals surface area contributed by atoms with Gasteiger partial charge in [-0.2, -0.15) is 0 Å². The summed E-state index contributed by atoms with van der Waals surface area (Å²) in [5.74, 6) is 0.368. The molecule has 4 nitrogen and oxygen atoms in total. The highest BCUT2D eigenvalue weighted by Gasteiger charge is 2.17. The van der Waals surface area contributed by atoms with Crippen molar-refractivity contribution in [1.82, 2.24) is 15.1 Å². The summed E-state index contributed by atoms with van der Waals surface area (Å²) in [4.78, 5) is 16.3. The number of nitrogens with one attached hydrogen (secondary N) is 1. The number of carbonyl (C=O) groups is 1. The maximum Gasteiger partial charge on any atom is 0.222 e. The SMILES string of the molecule is O=C1CCCCCN1CCN1CCNCC1. The van der Waals surface area contributed by atoms with Crippen LogP contribution in [-0.2, 0) is 4.79 Å². The quantitative estimate of drug-likeness (QED) is 0.750. The standard InChI is InChI=1S/C12H23N3O/c16-12-4-2-1-3-7-15(12)11-10-14-8-5-13-6-9-14/h13H,1-11H2. The van der Waals surface area contributed by atoms with Gasteiger partial charge in [0.25, 0.3) is 0 Å². The van der Waals surface area contributed by atoms with Crippen LogP contribution in [0, 0.1) is 0 Å². The Balaban J connectivity index is 1.72. The van der Waals surface area contributed by atoms with E-state index in [1.807, 2.05) is 0 Å². The normalized spacial score (nSPS) is 24.5. The van der Waals surface area contributed by atoms with Crippen molar-refractivity contribution in [2.75, 3.05) is 45.8 Å². The molecule has 0 spiro atoms. The predicted octanol–water partition coefficient (Wildman–Crippen LogP) is 0.294. The van der Waals surface area contributed by atoms with E-state index in [2.05, 4.69) is 15.1 Å². The summed E-state index contributed by atoms with van der Waals surface area (Å²) in [6.07, 6.45) is 4.26. The molecule has 0 aromatic carbocycles. The van der Waals surface area contributed by atoms with Gasteiger partial charge in [0.2, 0.25) is 5.91 Å². The molecule has 0 saturated carbocycles. The van der Waals surface area contributed by atoms with Crippen molar-refractivity contribution in [2.24, 2.45) is 0 Å². The molecule has 0 unspecified atom stereocenters. The van der Waals surface area contributed by atoms with Gasteiger partial charge in [-0.05, 0) is 12.8 Å². The second-order valence-electron chi connectivity index (χ2n) is 4.78. The van der Waals surface area contributed by atoms with Crippen LogP contribution in [0.15, 0.2) is 0 Å². The van der Waals surface area contributed by atoms with Gasteiger partial charge in [0.15, 0.2) is 0 Å². The summed E-state index contributed by atoms with van der Waals surface area (Å²) < 4.78 is 0. The lowest BCUT2D eigenvalue weighted by atomic mass is 10.2. The fraction of sp³-hybridized carbons (Fsp3) is 0.917. The lowest BCUT2D eigenvalue weighted by Crippen LogP contribution is -2.47. The van der Waals surface area contributed by atoms with E-state index in [4.69, 9.17) is 0 Å². The molecule has 2 rings (SSSR count). The van der Waals surface area contributed by atoms with Crippen LogP contribution in [0.2, 0.25) is 0 Å². The van der Waals surface area contributed by atoms with Gasteiger partial charge < -0.3 is 10.2 Å².